The summed E-state index contributed by atoms with van der Waals surface area (Å²) in [7, 11) is -2.29. The van der Waals surface area contributed by atoms with Crippen LogP contribution in [0.15, 0.2) is 29.2 Å². The van der Waals surface area contributed by atoms with Gasteiger partial charge in [-0.3, -0.25) is 14.8 Å². The molecule has 1 heterocycles. The Morgan fingerprint density at radius 2 is 1.61 bits per heavy atom. The molecule has 208 valence electrons. The Morgan fingerprint density at radius 1 is 1.03 bits per heavy atom. The number of nitrogens with zero attached hydrogens (tertiary/aromatic N) is 2. The zero-order valence-electron chi connectivity index (χ0n) is 22.0. The number of benzene rings is 1. The lowest BCUT2D eigenvalue weighted by molar-refractivity contribution is -0.150. The van der Waals surface area contributed by atoms with Crippen LogP contribution in [0.1, 0.15) is 57.8 Å². The second kappa shape index (κ2) is 9.78. The highest BCUT2D eigenvalue weighted by atomic mass is 32.2. The molecule has 0 atom stereocenters. The van der Waals surface area contributed by atoms with E-state index in [-0.39, 0.29) is 36.3 Å². The molecule has 1 aromatic rings. The van der Waals surface area contributed by atoms with E-state index in [1.54, 1.807) is 29.6 Å². The van der Waals surface area contributed by atoms with Crippen molar-refractivity contribution in [3.8, 4) is 5.75 Å². The van der Waals surface area contributed by atoms with Crippen LogP contribution < -0.4 is 10.2 Å². The number of rotatable bonds is 8. The number of nitrogens with one attached hydrogen (secondary N) is 1. The van der Waals surface area contributed by atoms with Crippen LogP contribution >= 0.6 is 0 Å². The molecule has 10 heteroatoms. The molecule has 1 aromatic carbocycles. The van der Waals surface area contributed by atoms with E-state index in [1.807, 2.05) is 0 Å². The summed E-state index contributed by atoms with van der Waals surface area (Å²) in [6.45, 7) is 1.10. The lowest BCUT2D eigenvalue weighted by Gasteiger charge is -2.54. The topological polar surface area (TPSA) is 116 Å². The third-order valence-electron chi connectivity index (χ3n) is 10.1. The van der Waals surface area contributed by atoms with E-state index >= 15 is 0 Å². The molecule has 2 amide bonds. The molecule has 2 N–H and O–H groups in total. The van der Waals surface area contributed by atoms with Crippen LogP contribution in [0.4, 0.5) is 0 Å². The Balaban J connectivity index is 1.10. The van der Waals surface area contributed by atoms with Gasteiger partial charge in [-0.1, -0.05) is 0 Å². The van der Waals surface area contributed by atoms with Crippen molar-refractivity contribution in [3.05, 3.63) is 24.3 Å². The van der Waals surface area contributed by atoms with Crippen molar-refractivity contribution in [3.63, 3.8) is 0 Å². The molecule has 6 fully saturated rings. The van der Waals surface area contributed by atoms with Crippen LogP contribution in [0.3, 0.4) is 0 Å². The SMILES string of the molecule is CN(COc1ccc(S(=O)(=O)C2(C(=O)NO)CCN(C3CC3)CC2)cc1)C(=O)C1C2CC3CC(C2)CC1C3. The molecule has 5 saturated carbocycles. The molecular weight excluding hydrogens is 506 g/mol. The van der Waals surface area contributed by atoms with Crippen molar-refractivity contribution in [1.29, 1.82) is 0 Å². The number of sulfone groups is 1. The molecule has 9 nitrogen and oxygen atoms in total. The first-order valence-corrected chi connectivity index (χ1v) is 15.6. The van der Waals surface area contributed by atoms with Gasteiger partial charge >= 0.3 is 0 Å². The average molecular weight is 546 g/mol. The van der Waals surface area contributed by atoms with Crippen LogP contribution in [-0.2, 0) is 19.4 Å². The van der Waals surface area contributed by atoms with E-state index in [0.29, 0.717) is 36.7 Å². The van der Waals surface area contributed by atoms with Crippen molar-refractivity contribution in [1.82, 2.24) is 15.3 Å². The van der Waals surface area contributed by atoms with Gasteiger partial charge in [-0.05, 0) is 106 Å². The predicted octanol–water partition coefficient (Wildman–Crippen LogP) is 2.83. The van der Waals surface area contributed by atoms with Gasteiger partial charge in [0.25, 0.3) is 5.91 Å². The van der Waals surface area contributed by atoms with Gasteiger partial charge in [-0.25, -0.2) is 13.9 Å². The van der Waals surface area contributed by atoms with Crippen LogP contribution in [0, 0.1) is 29.6 Å². The number of amides is 2. The van der Waals surface area contributed by atoms with Crippen molar-refractivity contribution < 1.29 is 28.0 Å². The van der Waals surface area contributed by atoms with Crippen LogP contribution in [0.5, 0.6) is 5.75 Å². The monoisotopic (exact) mass is 545 g/mol. The fourth-order valence-corrected chi connectivity index (χ4v) is 10.1. The van der Waals surface area contributed by atoms with Crippen molar-refractivity contribution >= 4 is 21.7 Å². The zero-order chi connectivity index (χ0) is 26.7. The molecule has 0 aromatic heterocycles. The van der Waals surface area contributed by atoms with Crippen molar-refractivity contribution in [2.75, 3.05) is 26.9 Å². The number of hydrogen-bond acceptors (Lipinski definition) is 7. The van der Waals surface area contributed by atoms with Gasteiger partial charge < -0.3 is 14.5 Å². The summed E-state index contributed by atoms with van der Waals surface area (Å²) >= 11 is 0. The first kappa shape index (κ1) is 26.1. The van der Waals surface area contributed by atoms with E-state index in [1.165, 1.54) is 44.2 Å². The summed E-state index contributed by atoms with van der Waals surface area (Å²) in [6.07, 6.45) is 8.56. The summed E-state index contributed by atoms with van der Waals surface area (Å²) in [6, 6.07) is 6.52. The third-order valence-corrected chi connectivity index (χ3v) is 12.7. The third kappa shape index (κ3) is 4.42. The zero-order valence-corrected chi connectivity index (χ0v) is 22.9. The van der Waals surface area contributed by atoms with Gasteiger partial charge in [-0.15, -0.1) is 0 Å². The molecule has 7 rings (SSSR count). The van der Waals surface area contributed by atoms with Gasteiger partial charge in [0.1, 0.15) is 5.75 Å². The van der Waals surface area contributed by atoms with Gasteiger partial charge in [0.15, 0.2) is 21.3 Å². The maximum atomic E-state index is 13.7. The minimum Gasteiger partial charge on any atom is -0.473 e. The molecule has 0 unspecified atom stereocenters. The van der Waals surface area contributed by atoms with Crippen molar-refractivity contribution in [2.45, 2.75) is 73.5 Å². The molecule has 38 heavy (non-hydrogen) atoms. The number of piperidine rings is 1. The van der Waals surface area contributed by atoms with Gasteiger partial charge in [0.05, 0.1) is 4.90 Å². The Kier molecular flexibility index (Phi) is 6.71. The normalized spacial score (nSPS) is 32.1. The van der Waals surface area contributed by atoms with Gasteiger partial charge in [-0.2, -0.15) is 0 Å². The largest absolute Gasteiger partial charge is 0.473 e. The van der Waals surface area contributed by atoms with E-state index in [9.17, 15) is 23.2 Å². The average Bonchev–Trinajstić information content (AvgIpc) is 3.76. The molecule has 5 aliphatic carbocycles. The molecule has 0 spiro atoms. The van der Waals surface area contributed by atoms with E-state index < -0.39 is 20.5 Å². The Morgan fingerprint density at radius 3 is 2.13 bits per heavy atom. The van der Waals surface area contributed by atoms with E-state index in [0.717, 1.165) is 24.7 Å². The maximum absolute atomic E-state index is 13.7. The number of hydrogen-bond donors (Lipinski definition) is 2. The van der Waals surface area contributed by atoms with E-state index in [2.05, 4.69) is 4.90 Å². The first-order chi connectivity index (χ1) is 18.2. The highest BCUT2D eigenvalue weighted by Gasteiger charge is 2.54. The van der Waals surface area contributed by atoms with E-state index in [4.69, 9.17) is 4.74 Å². The fourth-order valence-electron chi connectivity index (χ4n) is 8.17. The lowest BCUT2D eigenvalue weighted by Crippen LogP contribution is -2.58. The summed E-state index contributed by atoms with van der Waals surface area (Å²) < 4.78 is 31.5. The Bertz CT molecular complexity index is 1150. The second-order valence-electron chi connectivity index (χ2n) is 12.4. The molecule has 1 saturated heterocycles. The number of carbonyl (C=O) groups excluding carboxylic acids is 2. The number of carbonyl (C=O) groups is 2. The van der Waals surface area contributed by atoms with Gasteiger partial charge in [0, 0.05) is 32.1 Å². The maximum Gasteiger partial charge on any atom is 0.265 e. The minimum absolute atomic E-state index is 0.0198. The van der Waals surface area contributed by atoms with Gasteiger partial charge in [0.2, 0.25) is 5.91 Å². The number of ether oxygens (including phenoxy) is 1. The van der Waals surface area contributed by atoms with Crippen LogP contribution in [-0.4, -0.2) is 72.9 Å². The molecule has 6 aliphatic rings. The standard InChI is InChI=1S/C28H39N3O6S/c1-30(26(32)25-20-13-18-12-19(15-20)16-21(25)14-18)17-37-23-4-6-24(7-5-23)38(35,36)28(27(33)29-34)8-10-31(11-9-28)22-2-3-22/h4-7,18-22,25,34H,2-3,8-17H2,1H3,(H,29,33). The number of hydroxylamine groups is 1. The smallest absolute Gasteiger partial charge is 0.265 e. The minimum atomic E-state index is -4.07. The Labute approximate surface area is 224 Å². The van der Waals surface area contributed by atoms with Crippen molar-refractivity contribution in [2.24, 2.45) is 29.6 Å². The molecule has 1 aliphatic heterocycles. The summed E-state index contributed by atoms with van der Waals surface area (Å²) in [4.78, 5) is 29.9. The fraction of sp³-hybridized carbons (Fsp3) is 0.714. The number of likely N-dealkylation sites (tertiary alicyclic amines) is 1. The quantitative estimate of drug-likeness (QED) is 0.293. The van der Waals surface area contributed by atoms with Crippen LogP contribution in [0.2, 0.25) is 0 Å². The Hall–Kier alpha value is -2.17. The van der Waals surface area contributed by atoms with Crippen LogP contribution in [0.25, 0.3) is 0 Å². The molecular formula is C28H39N3O6S. The summed E-state index contributed by atoms with van der Waals surface area (Å²) in [5, 5.41) is 9.39. The second-order valence-corrected chi connectivity index (χ2v) is 14.7. The summed E-state index contributed by atoms with van der Waals surface area (Å²) in [5.74, 6) is 2.47. The highest BCUT2D eigenvalue weighted by molar-refractivity contribution is 7.93. The first-order valence-electron chi connectivity index (χ1n) is 14.1. The molecule has 0 radical (unpaired) electrons. The predicted molar refractivity (Wildman–Crippen MR) is 139 cm³/mol. The molecule has 4 bridgehead atoms. The summed E-state index contributed by atoms with van der Waals surface area (Å²) in [5.41, 5.74) is 1.61. The lowest BCUT2D eigenvalue weighted by atomic mass is 9.51. The highest BCUT2D eigenvalue weighted by Crippen LogP contribution is 2.56.